The van der Waals surface area contributed by atoms with Gasteiger partial charge >= 0.3 is 0 Å². The van der Waals surface area contributed by atoms with Crippen LogP contribution in [0.5, 0.6) is 5.75 Å². The van der Waals surface area contributed by atoms with Gasteiger partial charge in [0.25, 0.3) is 5.91 Å². The van der Waals surface area contributed by atoms with E-state index in [1.165, 1.54) is 5.56 Å². The van der Waals surface area contributed by atoms with Crippen LogP contribution >= 0.6 is 0 Å². The fourth-order valence-corrected chi connectivity index (χ4v) is 2.64. The van der Waals surface area contributed by atoms with Gasteiger partial charge in [0.1, 0.15) is 5.75 Å². The number of nitrogens with one attached hydrogen (secondary N) is 2. The van der Waals surface area contributed by atoms with Crippen molar-refractivity contribution in [2.75, 3.05) is 17.2 Å². The average Bonchev–Trinajstić information content (AvgIpc) is 2.68. The second-order valence-corrected chi connectivity index (χ2v) is 6.53. The number of para-hydroxylation sites is 1. The van der Waals surface area contributed by atoms with E-state index < -0.39 is 0 Å². The number of anilines is 2. The molecule has 4 nitrogen and oxygen atoms in total. The smallest absolute Gasteiger partial charge is 0.262 e. The highest BCUT2D eigenvalue weighted by atomic mass is 16.5. The Kier molecular flexibility index (Phi) is 6.10. The fourth-order valence-electron chi connectivity index (χ4n) is 2.64. The molecule has 0 aliphatic rings. The lowest BCUT2D eigenvalue weighted by Gasteiger charge is -2.13. The predicted molar refractivity (Wildman–Crippen MR) is 110 cm³/mol. The maximum Gasteiger partial charge on any atom is 0.262 e. The zero-order valence-electron chi connectivity index (χ0n) is 15.7. The number of ether oxygens (including phenoxy) is 1. The van der Waals surface area contributed by atoms with Gasteiger partial charge in [0.05, 0.1) is 0 Å². The van der Waals surface area contributed by atoms with Gasteiger partial charge in [-0.1, -0.05) is 53.6 Å². The van der Waals surface area contributed by atoms with Gasteiger partial charge in [0.15, 0.2) is 6.61 Å². The molecule has 0 heterocycles. The summed E-state index contributed by atoms with van der Waals surface area (Å²) < 4.78 is 5.75. The first kappa shape index (κ1) is 18.5. The van der Waals surface area contributed by atoms with Crippen molar-refractivity contribution in [1.29, 1.82) is 0 Å². The van der Waals surface area contributed by atoms with Crippen LogP contribution in [-0.2, 0) is 11.3 Å². The van der Waals surface area contributed by atoms with E-state index in [9.17, 15) is 4.79 Å². The van der Waals surface area contributed by atoms with Crippen LogP contribution in [0.25, 0.3) is 0 Å². The normalized spacial score (nSPS) is 10.3. The van der Waals surface area contributed by atoms with Gasteiger partial charge in [0, 0.05) is 23.5 Å². The number of benzene rings is 3. The Labute approximate surface area is 160 Å². The maximum absolute atomic E-state index is 12.1. The van der Waals surface area contributed by atoms with Crippen molar-refractivity contribution >= 4 is 17.3 Å². The minimum atomic E-state index is -0.180. The Morgan fingerprint density at radius 3 is 2.07 bits per heavy atom. The zero-order chi connectivity index (χ0) is 19.1. The molecule has 0 unspecified atom stereocenters. The van der Waals surface area contributed by atoms with Crippen LogP contribution < -0.4 is 15.4 Å². The first-order valence-electron chi connectivity index (χ1n) is 8.98. The molecule has 0 radical (unpaired) electrons. The van der Waals surface area contributed by atoms with Gasteiger partial charge in [-0.25, -0.2) is 0 Å². The molecule has 0 fully saturated rings. The molecule has 27 heavy (non-hydrogen) atoms. The third-order valence-electron chi connectivity index (χ3n) is 4.20. The first-order valence-corrected chi connectivity index (χ1v) is 8.98. The average molecular weight is 360 g/mol. The van der Waals surface area contributed by atoms with E-state index in [4.69, 9.17) is 4.74 Å². The number of amides is 1. The van der Waals surface area contributed by atoms with E-state index in [-0.39, 0.29) is 12.5 Å². The summed E-state index contributed by atoms with van der Waals surface area (Å²) in [4.78, 5) is 12.1. The lowest BCUT2D eigenvalue weighted by Crippen LogP contribution is -2.20. The Balaban J connectivity index is 1.56. The number of rotatable bonds is 7. The van der Waals surface area contributed by atoms with E-state index in [1.807, 2.05) is 67.6 Å². The monoisotopic (exact) mass is 360 g/mol. The van der Waals surface area contributed by atoms with Gasteiger partial charge in [-0.2, -0.15) is 0 Å². The summed E-state index contributed by atoms with van der Waals surface area (Å²) in [5, 5.41) is 6.22. The third kappa shape index (κ3) is 5.61. The molecule has 2 N–H and O–H groups in total. The molecule has 0 spiro atoms. The molecular formula is C23H24N2O2. The van der Waals surface area contributed by atoms with Crippen LogP contribution in [0.15, 0.2) is 72.8 Å². The molecule has 0 saturated heterocycles. The van der Waals surface area contributed by atoms with E-state index in [2.05, 4.69) is 29.7 Å². The topological polar surface area (TPSA) is 50.4 Å². The van der Waals surface area contributed by atoms with E-state index in [1.54, 1.807) is 0 Å². The highest BCUT2D eigenvalue weighted by Gasteiger charge is 2.07. The van der Waals surface area contributed by atoms with Gasteiger partial charge < -0.3 is 15.4 Å². The predicted octanol–water partition coefficient (Wildman–Crippen LogP) is 4.93. The molecular weight excluding hydrogens is 336 g/mol. The first-order chi connectivity index (χ1) is 13.1. The van der Waals surface area contributed by atoms with Crippen molar-refractivity contribution in [3.63, 3.8) is 0 Å². The van der Waals surface area contributed by atoms with Gasteiger partial charge in [-0.15, -0.1) is 0 Å². The molecule has 4 heteroatoms. The molecule has 3 rings (SSSR count). The lowest BCUT2D eigenvalue weighted by molar-refractivity contribution is -0.118. The molecule has 3 aromatic rings. The Morgan fingerprint density at radius 2 is 1.41 bits per heavy atom. The number of carbonyl (C=O) groups is 1. The fraction of sp³-hybridized carbons (Fsp3) is 0.174. The van der Waals surface area contributed by atoms with Crippen molar-refractivity contribution in [3.05, 3.63) is 89.5 Å². The van der Waals surface area contributed by atoms with Crippen LogP contribution in [0.1, 0.15) is 16.7 Å². The zero-order valence-corrected chi connectivity index (χ0v) is 15.7. The summed E-state index contributed by atoms with van der Waals surface area (Å²) >= 11 is 0. The third-order valence-corrected chi connectivity index (χ3v) is 4.20. The lowest BCUT2D eigenvalue weighted by atomic mass is 10.2. The highest BCUT2D eigenvalue weighted by molar-refractivity contribution is 5.91. The molecule has 3 aromatic carbocycles. The molecule has 0 bridgehead atoms. The minimum Gasteiger partial charge on any atom is -0.483 e. The number of aryl methyl sites for hydroxylation is 2. The Bertz CT molecular complexity index is 887. The molecule has 0 atom stereocenters. The summed E-state index contributed by atoms with van der Waals surface area (Å²) in [6.45, 7) is 4.67. The van der Waals surface area contributed by atoms with E-state index >= 15 is 0 Å². The van der Waals surface area contributed by atoms with Crippen molar-refractivity contribution in [2.24, 2.45) is 0 Å². The quantitative estimate of drug-likeness (QED) is 0.628. The van der Waals surface area contributed by atoms with Crippen LogP contribution in [0.3, 0.4) is 0 Å². The maximum atomic E-state index is 12.1. The van der Waals surface area contributed by atoms with Crippen molar-refractivity contribution in [1.82, 2.24) is 0 Å². The summed E-state index contributed by atoms with van der Waals surface area (Å²) in [6, 6.07) is 23.7. The second-order valence-electron chi connectivity index (χ2n) is 6.53. The molecule has 0 aromatic heterocycles. The van der Waals surface area contributed by atoms with Crippen molar-refractivity contribution in [3.8, 4) is 5.75 Å². The van der Waals surface area contributed by atoms with Crippen LogP contribution in [0.2, 0.25) is 0 Å². The summed E-state index contributed by atoms with van der Waals surface area (Å²) in [7, 11) is 0. The number of hydrogen-bond donors (Lipinski definition) is 2. The molecule has 0 saturated carbocycles. The standard InChI is InChI=1S/C23H24N2O2/c1-17-7-11-20(12-8-17)24-15-19-5-3-4-6-22(19)27-16-23(26)25-21-13-9-18(2)10-14-21/h3-14,24H,15-16H2,1-2H3,(H,25,26). The molecule has 0 aliphatic carbocycles. The van der Waals surface area contributed by atoms with Crippen molar-refractivity contribution < 1.29 is 9.53 Å². The van der Waals surface area contributed by atoms with Gasteiger partial charge in [0.2, 0.25) is 0 Å². The summed E-state index contributed by atoms with van der Waals surface area (Å²) in [6.07, 6.45) is 0. The van der Waals surface area contributed by atoms with Crippen LogP contribution in [-0.4, -0.2) is 12.5 Å². The minimum absolute atomic E-state index is 0.0323. The Hall–Kier alpha value is -3.27. The van der Waals surface area contributed by atoms with Crippen LogP contribution in [0, 0.1) is 13.8 Å². The van der Waals surface area contributed by atoms with Crippen molar-refractivity contribution in [2.45, 2.75) is 20.4 Å². The Morgan fingerprint density at radius 1 is 0.815 bits per heavy atom. The summed E-state index contributed by atoms with van der Waals surface area (Å²) in [5.41, 5.74) is 5.19. The number of hydrogen-bond acceptors (Lipinski definition) is 3. The van der Waals surface area contributed by atoms with Crippen LogP contribution in [0.4, 0.5) is 11.4 Å². The largest absolute Gasteiger partial charge is 0.483 e. The second kappa shape index (κ2) is 8.90. The SMILES string of the molecule is Cc1ccc(NCc2ccccc2OCC(=O)Nc2ccc(C)cc2)cc1. The molecule has 138 valence electrons. The highest BCUT2D eigenvalue weighted by Crippen LogP contribution is 2.20. The summed E-state index contributed by atoms with van der Waals surface area (Å²) in [5.74, 6) is 0.524. The molecule has 0 aliphatic heterocycles. The van der Waals surface area contributed by atoms with E-state index in [0.717, 1.165) is 22.5 Å². The van der Waals surface area contributed by atoms with E-state index in [0.29, 0.717) is 12.3 Å². The molecule has 1 amide bonds. The number of carbonyl (C=O) groups excluding carboxylic acids is 1. The van der Waals surface area contributed by atoms with Gasteiger partial charge in [-0.3, -0.25) is 4.79 Å². The van der Waals surface area contributed by atoms with Gasteiger partial charge in [-0.05, 0) is 44.2 Å².